The van der Waals surface area contributed by atoms with Gasteiger partial charge in [0.15, 0.2) is 0 Å². The molecule has 23 rings (SSSR count). The lowest BCUT2D eigenvalue weighted by atomic mass is 9.81. The average molecular weight is 1380 g/mol. The number of nitrogens with zero attached hydrogens (tertiary/aromatic N) is 4. The van der Waals surface area contributed by atoms with Crippen molar-refractivity contribution < 1.29 is 0 Å². The summed E-state index contributed by atoms with van der Waals surface area (Å²) in [5.74, 6) is 0. The molecular formula is C104H72N4. The highest BCUT2D eigenvalue weighted by molar-refractivity contribution is 6.16. The smallest absolute Gasteiger partial charge is 0.0547 e. The van der Waals surface area contributed by atoms with Gasteiger partial charge >= 0.3 is 0 Å². The van der Waals surface area contributed by atoms with E-state index in [1.165, 1.54) is 209 Å². The molecule has 0 bridgehead atoms. The zero-order valence-corrected chi connectivity index (χ0v) is 60.4. The van der Waals surface area contributed by atoms with Gasteiger partial charge in [-0.3, -0.25) is 0 Å². The van der Waals surface area contributed by atoms with Crippen molar-refractivity contribution >= 4 is 109 Å². The van der Waals surface area contributed by atoms with E-state index < -0.39 is 0 Å². The fraction of sp³-hybridized carbons (Fsp3) is 0.0577. The SMILES string of the molecule is CC1(C)c2cc(-n3c4ccc(-c5ccc6c(c5)c5ccccc5n6-c5ccccc5)cc4c4ccc(-c5ccccc5)cc43)ccc2-c2cc3ccccc3cc21.CC1(C)c2cc(-n3c4ccccc4c4cc(-c5ccc6c(c5)c5ccccc5n6-c5ccccc5)ccc43)ccc2-c2cc3ccccc3cc21. The summed E-state index contributed by atoms with van der Waals surface area (Å²) in [6.07, 6.45) is 0. The Hall–Kier alpha value is -13.5. The Labute approximate surface area is 626 Å². The maximum Gasteiger partial charge on any atom is 0.0547 e. The first kappa shape index (κ1) is 61.9. The Kier molecular flexibility index (Phi) is 13.5. The molecule has 508 valence electrons. The van der Waals surface area contributed by atoms with E-state index >= 15 is 0 Å². The van der Waals surface area contributed by atoms with Gasteiger partial charge in [0, 0.05) is 76.7 Å². The second-order valence-corrected chi connectivity index (χ2v) is 30.8. The quantitative estimate of drug-likeness (QED) is 0.152. The van der Waals surface area contributed by atoms with Gasteiger partial charge in [-0.2, -0.15) is 0 Å². The fourth-order valence-electron chi connectivity index (χ4n) is 18.8. The van der Waals surface area contributed by atoms with Crippen LogP contribution < -0.4 is 0 Å². The maximum atomic E-state index is 2.49. The highest BCUT2D eigenvalue weighted by Crippen LogP contribution is 2.54. The van der Waals surface area contributed by atoms with Gasteiger partial charge in [0.25, 0.3) is 0 Å². The van der Waals surface area contributed by atoms with Crippen LogP contribution in [0.4, 0.5) is 0 Å². The van der Waals surface area contributed by atoms with Crippen LogP contribution in [0, 0.1) is 0 Å². The molecule has 4 heteroatoms. The highest BCUT2D eigenvalue weighted by Gasteiger charge is 2.38. The van der Waals surface area contributed by atoms with E-state index in [9.17, 15) is 0 Å². The second kappa shape index (κ2) is 23.5. The number of rotatable bonds is 7. The molecule has 0 saturated heterocycles. The molecule has 0 fully saturated rings. The predicted octanol–water partition coefficient (Wildman–Crippen LogP) is 27.7. The largest absolute Gasteiger partial charge is 0.309 e. The number of fused-ring (bicyclic) bond motifs is 20. The second-order valence-electron chi connectivity index (χ2n) is 30.8. The minimum absolute atomic E-state index is 0.0983. The lowest BCUT2D eigenvalue weighted by Crippen LogP contribution is -2.15. The van der Waals surface area contributed by atoms with Gasteiger partial charge in [0.1, 0.15) is 0 Å². The first-order chi connectivity index (χ1) is 53.1. The third-order valence-corrected chi connectivity index (χ3v) is 24.2. The molecule has 0 saturated carbocycles. The summed E-state index contributed by atoms with van der Waals surface area (Å²) in [4.78, 5) is 0. The van der Waals surface area contributed by atoms with Gasteiger partial charge in [-0.1, -0.05) is 246 Å². The minimum Gasteiger partial charge on any atom is -0.309 e. The molecule has 0 atom stereocenters. The summed E-state index contributed by atoms with van der Waals surface area (Å²) in [7, 11) is 0. The van der Waals surface area contributed by atoms with Crippen molar-refractivity contribution in [3.63, 3.8) is 0 Å². The molecule has 0 radical (unpaired) electrons. The van der Waals surface area contributed by atoms with Crippen LogP contribution in [0.15, 0.2) is 364 Å². The van der Waals surface area contributed by atoms with Crippen molar-refractivity contribution in [2.75, 3.05) is 0 Å². The molecule has 0 aliphatic heterocycles. The third kappa shape index (κ3) is 9.29. The summed E-state index contributed by atoms with van der Waals surface area (Å²) in [6.45, 7) is 9.52. The molecule has 0 unspecified atom stereocenters. The van der Waals surface area contributed by atoms with Gasteiger partial charge in [-0.05, 0) is 245 Å². The van der Waals surface area contributed by atoms with E-state index in [1.54, 1.807) is 0 Å². The van der Waals surface area contributed by atoms with Crippen LogP contribution in [0.1, 0.15) is 49.9 Å². The molecule has 0 N–H and O–H groups in total. The molecular weight excluding hydrogens is 1310 g/mol. The van der Waals surface area contributed by atoms with Crippen LogP contribution in [0.25, 0.3) is 187 Å². The van der Waals surface area contributed by atoms with Crippen LogP contribution in [0.3, 0.4) is 0 Å². The van der Waals surface area contributed by atoms with E-state index in [0.29, 0.717) is 0 Å². The summed E-state index contributed by atoms with van der Waals surface area (Å²) >= 11 is 0. The zero-order valence-electron chi connectivity index (χ0n) is 60.4. The predicted molar refractivity (Wildman–Crippen MR) is 457 cm³/mol. The number of aromatic nitrogens is 4. The van der Waals surface area contributed by atoms with Gasteiger partial charge in [-0.25, -0.2) is 0 Å². The standard InChI is InChI=1S/C55H38N2.C49H34N2/c1-55(2)49-32-37-16-10-9-15-36(37)29-46(49)43-26-24-42(34-50(43)55)57-53-28-23-39(31-48(53)45-25-21-40(33-54(45)57)35-13-5-3-6-14-35)38-22-27-52-47(30-38)44-19-11-12-20-51(44)56(52)41-17-7-4-8-18-41;1-49(2)43-29-32-13-7-6-12-31(32)26-40(43)37-23-22-36(30-44(37)49)51-46-19-11-9-17-39(46)42-28-34(21-25-48(42)51)33-20-24-47-41(27-33)38-16-8-10-18-45(38)50(47)35-14-4-3-5-15-35/h3-34H,1-2H3;3-30H,1-2H3. The van der Waals surface area contributed by atoms with E-state index in [-0.39, 0.29) is 10.8 Å². The lowest BCUT2D eigenvalue weighted by Gasteiger charge is -2.22. The van der Waals surface area contributed by atoms with Gasteiger partial charge in [0.05, 0.1) is 44.1 Å². The topological polar surface area (TPSA) is 19.7 Å². The monoisotopic (exact) mass is 1380 g/mol. The van der Waals surface area contributed by atoms with Gasteiger partial charge in [-0.15, -0.1) is 0 Å². The molecule has 21 aromatic rings. The van der Waals surface area contributed by atoms with Crippen molar-refractivity contribution in [3.05, 3.63) is 386 Å². The van der Waals surface area contributed by atoms with Crippen molar-refractivity contribution in [3.8, 4) is 78.4 Å². The van der Waals surface area contributed by atoms with E-state index in [0.717, 1.165) is 0 Å². The normalized spacial score (nSPS) is 13.3. The van der Waals surface area contributed by atoms with Crippen molar-refractivity contribution in [2.24, 2.45) is 0 Å². The third-order valence-electron chi connectivity index (χ3n) is 24.2. The highest BCUT2D eigenvalue weighted by atomic mass is 15.0. The van der Waals surface area contributed by atoms with Crippen LogP contribution in [-0.4, -0.2) is 18.3 Å². The summed E-state index contributed by atoms with van der Waals surface area (Å²) in [5.41, 5.74) is 32.5. The Balaban J connectivity index is 0.000000135. The maximum absolute atomic E-state index is 2.49. The fourth-order valence-corrected chi connectivity index (χ4v) is 18.8. The summed E-state index contributed by atoms with van der Waals surface area (Å²) in [6, 6.07) is 135. The number of benzene rings is 17. The lowest BCUT2D eigenvalue weighted by molar-refractivity contribution is 0.660. The number of hydrogen-bond acceptors (Lipinski definition) is 0. The number of hydrogen-bond donors (Lipinski definition) is 0. The van der Waals surface area contributed by atoms with Crippen LogP contribution in [-0.2, 0) is 10.8 Å². The van der Waals surface area contributed by atoms with Crippen LogP contribution in [0.5, 0.6) is 0 Å². The molecule has 0 amide bonds. The first-order valence-electron chi connectivity index (χ1n) is 37.8. The van der Waals surface area contributed by atoms with E-state index in [4.69, 9.17) is 0 Å². The summed E-state index contributed by atoms with van der Waals surface area (Å²) < 4.78 is 9.71. The van der Waals surface area contributed by atoms with Gasteiger partial charge in [0.2, 0.25) is 0 Å². The minimum atomic E-state index is -0.131. The summed E-state index contributed by atoms with van der Waals surface area (Å²) in [5, 5.41) is 15.3. The molecule has 4 heterocycles. The first-order valence-corrected chi connectivity index (χ1v) is 37.8. The molecule has 2 aliphatic rings. The molecule has 108 heavy (non-hydrogen) atoms. The van der Waals surface area contributed by atoms with E-state index in [1.807, 2.05) is 0 Å². The van der Waals surface area contributed by atoms with Gasteiger partial charge < -0.3 is 18.3 Å². The molecule has 0 spiro atoms. The molecule has 2 aliphatic carbocycles. The Morgan fingerprint density at radius 3 is 0.852 bits per heavy atom. The van der Waals surface area contributed by atoms with Crippen molar-refractivity contribution in [1.82, 2.24) is 18.3 Å². The number of para-hydroxylation sites is 5. The average Bonchev–Trinajstić information content (AvgIpc) is 1.55. The Morgan fingerprint density at radius 1 is 0.167 bits per heavy atom. The molecule has 17 aromatic carbocycles. The molecule has 4 nitrogen and oxygen atoms in total. The van der Waals surface area contributed by atoms with Crippen molar-refractivity contribution in [2.45, 2.75) is 38.5 Å². The van der Waals surface area contributed by atoms with Crippen molar-refractivity contribution in [1.29, 1.82) is 0 Å². The zero-order chi connectivity index (χ0) is 71.7. The van der Waals surface area contributed by atoms with E-state index in [2.05, 4.69) is 410 Å². The Bertz CT molecular complexity index is 7340. The Morgan fingerprint density at radius 2 is 0.454 bits per heavy atom. The molecule has 4 aromatic heterocycles. The van der Waals surface area contributed by atoms with Crippen LogP contribution >= 0.6 is 0 Å². The van der Waals surface area contributed by atoms with Crippen LogP contribution in [0.2, 0.25) is 0 Å².